The second-order valence-electron chi connectivity index (χ2n) is 3.98. The summed E-state index contributed by atoms with van der Waals surface area (Å²) in [7, 11) is -3.71. The van der Waals surface area contributed by atoms with E-state index in [4.69, 9.17) is 11.6 Å². The normalized spacial score (nSPS) is 11.5. The van der Waals surface area contributed by atoms with Gasteiger partial charge in [-0.2, -0.15) is 5.10 Å². The molecule has 0 saturated carbocycles. The molecule has 1 aromatic carbocycles. The number of halogens is 1. The fourth-order valence-corrected chi connectivity index (χ4v) is 3.08. The second-order valence-corrected chi connectivity index (χ2v) is 6.03. The number of rotatable bonds is 3. The van der Waals surface area contributed by atoms with Gasteiger partial charge in [0.05, 0.1) is 5.02 Å². The molecule has 0 spiro atoms. The summed E-state index contributed by atoms with van der Waals surface area (Å²) < 4.78 is 26.5. The van der Waals surface area contributed by atoms with Crippen molar-refractivity contribution in [1.29, 1.82) is 0 Å². The Morgan fingerprint density at radius 2 is 2.00 bits per heavy atom. The first-order valence-corrected chi connectivity index (χ1v) is 7.05. The molecular weight excluding hydrogens is 274 g/mol. The van der Waals surface area contributed by atoms with Crippen LogP contribution in [0.15, 0.2) is 29.2 Å². The number of aromatic nitrogens is 2. The molecule has 96 valence electrons. The summed E-state index contributed by atoms with van der Waals surface area (Å²) in [5, 5.41) is 6.66. The summed E-state index contributed by atoms with van der Waals surface area (Å²) in [6.07, 6.45) is 0. The van der Waals surface area contributed by atoms with E-state index in [9.17, 15) is 8.42 Å². The third-order valence-corrected chi connectivity index (χ3v) is 4.16. The monoisotopic (exact) mass is 285 g/mol. The lowest BCUT2D eigenvalue weighted by molar-refractivity contribution is 0.601. The van der Waals surface area contributed by atoms with E-state index in [0.717, 1.165) is 11.3 Å². The number of aryl methyl sites for hydroxylation is 2. The lowest BCUT2D eigenvalue weighted by Crippen LogP contribution is -2.13. The van der Waals surface area contributed by atoms with Crippen molar-refractivity contribution in [2.75, 3.05) is 4.72 Å². The van der Waals surface area contributed by atoms with E-state index in [1.807, 2.05) is 6.92 Å². The van der Waals surface area contributed by atoms with Crippen LogP contribution in [0.1, 0.15) is 11.3 Å². The quantitative estimate of drug-likeness (QED) is 0.910. The summed E-state index contributed by atoms with van der Waals surface area (Å²) in [5.41, 5.74) is 1.66. The van der Waals surface area contributed by atoms with Crippen LogP contribution in [0.3, 0.4) is 0 Å². The highest BCUT2D eigenvalue weighted by atomic mass is 35.5. The van der Waals surface area contributed by atoms with E-state index < -0.39 is 10.0 Å². The van der Waals surface area contributed by atoms with Crippen LogP contribution in [0, 0.1) is 13.8 Å². The number of anilines is 1. The van der Waals surface area contributed by atoms with Gasteiger partial charge in [-0.25, -0.2) is 8.42 Å². The Morgan fingerprint density at radius 1 is 1.28 bits per heavy atom. The van der Waals surface area contributed by atoms with Crippen molar-refractivity contribution >= 4 is 27.4 Å². The second kappa shape index (κ2) is 4.62. The van der Waals surface area contributed by atoms with Gasteiger partial charge in [-0.05, 0) is 31.5 Å². The van der Waals surface area contributed by atoms with Crippen LogP contribution in [-0.2, 0) is 10.0 Å². The molecule has 0 aliphatic heterocycles. The number of aromatic amines is 1. The van der Waals surface area contributed by atoms with Crippen LogP contribution in [-0.4, -0.2) is 18.6 Å². The molecule has 2 N–H and O–H groups in total. The molecule has 1 aromatic heterocycles. The average molecular weight is 286 g/mol. The van der Waals surface area contributed by atoms with Crippen molar-refractivity contribution in [1.82, 2.24) is 10.2 Å². The van der Waals surface area contributed by atoms with Crippen molar-refractivity contribution in [2.45, 2.75) is 18.7 Å². The van der Waals surface area contributed by atoms with E-state index in [0.29, 0.717) is 0 Å². The zero-order valence-corrected chi connectivity index (χ0v) is 11.4. The molecule has 5 nitrogen and oxygen atoms in total. The van der Waals surface area contributed by atoms with Crippen molar-refractivity contribution in [3.63, 3.8) is 0 Å². The van der Waals surface area contributed by atoms with Gasteiger partial charge in [0, 0.05) is 11.8 Å². The van der Waals surface area contributed by atoms with Gasteiger partial charge in [0.25, 0.3) is 10.0 Å². The third kappa shape index (κ3) is 2.65. The maximum atomic E-state index is 12.1. The molecule has 2 rings (SSSR count). The first-order chi connectivity index (χ1) is 8.38. The maximum absolute atomic E-state index is 12.1. The molecular formula is C11H12ClN3O2S. The van der Waals surface area contributed by atoms with Gasteiger partial charge in [-0.15, -0.1) is 0 Å². The summed E-state index contributed by atoms with van der Waals surface area (Å²) in [6, 6.07) is 6.36. The van der Waals surface area contributed by atoms with Gasteiger partial charge >= 0.3 is 0 Å². The molecule has 0 radical (unpaired) electrons. The molecule has 2 aromatic rings. The Kier molecular flexibility index (Phi) is 3.32. The number of nitrogens with zero attached hydrogens (tertiary/aromatic N) is 1. The number of hydrogen-bond donors (Lipinski definition) is 2. The average Bonchev–Trinajstić information content (AvgIpc) is 2.62. The van der Waals surface area contributed by atoms with Gasteiger partial charge in [0.15, 0.2) is 5.82 Å². The van der Waals surface area contributed by atoms with Crippen molar-refractivity contribution in [2.24, 2.45) is 0 Å². The van der Waals surface area contributed by atoms with Crippen LogP contribution in [0.25, 0.3) is 0 Å². The summed E-state index contributed by atoms with van der Waals surface area (Å²) in [5.74, 6) is 0.240. The van der Waals surface area contributed by atoms with Crippen LogP contribution in [0.5, 0.6) is 0 Å². The Bertz CT molecular complexity index is 679. The van der Waals surface area contributed by atoms with Gasteiger partial charge in [-0.3, -0.25) is 9.82 Å². The number of hydrogen-bond acceptors (Lipinski definition) is 3. The lowest BCUT2D eigenvalue weighted by Gasteiger charge is -2.07. The Balaban J connectivity index is 2.36. The number of benzene rings is 1. The SMILES string of the molecule is Cc1ccc(S(=O)(=O)Nc2cc(C)[nH]n2)c(Cl)c1. The van der Waals surface area contributed by atoms with Crippen molar-refractivity contribution in [3.8, 4) is 0 Å². The number of sulfonamides is 1. The molecule has 0 unspecified atom stereocenters. The predicted molar refractivity (Wildman–Crippen MR) is 70.3 cm³/mol. The highest BCUT2D eigenvalue weighted by Gasteiger charge is 2.18. The lowest BCUT2D eigenvalue weighted by atomic mass is 10.2. The molecule has 1 heterocycles. The van der Waals surface area contributed by atoms with Gasteiger partial charge < -0.3 is 0 Å². The third-order valence-electron chi connectivity index (χ3n) is 2.32. The van der Waals surface area contributed by atoms with Crippen LogP contribution in [0.2, 0.25) is 5.02 Å². The van der Waals surface area contributed by atoms with E-state index in [1.165, 1.54) is 6.07 Å². The largest absolute Gasteiger partial charge is 0.281 e. The fraction of sp³-hybridized carbons (Fsp3) is 0.182. The Morgan fingerprint density at radius 3 is 2.56 bits per heavy atom. The van der Waals surface area contributed by atoms with Gasteiger partial charge in [-0.1, -0.05) is 17.7 Å². The predicted octanol–water partition coefficient (Wildman–Crippen LogP) is 2.48. The smallest absolute Gasteiger partial charge is 0.264 e. The minimum Gasteiger partial charge on any atom is -0.281 e. The van der Waals surface area contributed by atoms with Crippen molar-refractivity contribution < 1.29 is 8.42 Å². The first kappa shape index (κ1) is 12.9. The standard InChI is InChI=1S/C11H12ClN3O2S/c1-7-3-4-10(9(12)5-7)18(16,17)15-11-6-8(2)13-14-11/h3-6H,1-2H3,(H2,13,14,15). The molecule has 0 bridgehead atoms. The molecule has 7 heteroatoms. The molecule has 0 amide bonds. The molecule has 0 fully saturated rings. The Labute approximate surface area is 110 Å². The topological polar surface area (TPSA) is 74.8 Å². The molecule has 0 atom stereocenters. The zero-order valence-electron chi connectivity index (χ0n) is 9.86. The van der Waals surface area contributed by atoms with E-state index in [2.05, 4.69) is 14.9 Å². The zero-order chi connectivity index (χ0) is 13.3. The summed E-state index contributed by atoms with van der Waals surface area (Å²) >= 11 is 5.94. The summed E-state index contributed by atoms with van der Waals surface area (Å²) in [6.45, 7) is 3.62. The first-order valence-electron chi connectivity index (χ1n) is 5.19. The van der Waals surface area contributed by atoms with Crippen LogP contribution in [0.4, 0.5) is 5.82 Å². The highest BCUT2D eigenvalue weighted by Crippen LogP contribution is 2.24. The van der Waals surface area contributed by atoms with E-state index in [1.54, 1.807) is 25.1 Å². The van der Waals surface area contributed by atoms with Gasteiger partial charge in [0.1, 0.15) is 4.90 Å². The van der Waals surface area contributed by atoms with Crippen LogP contribution >= 0.6 is 11.6 Å². The Hall–Kier alpha value is -1.53. The fourth-order valence-electron chi connectivity index (χ4n) is 1.49. The number of nitrogens with one attached hydrogen (secondary N) is 2. The molecule has 18 heavy (non-hydrogen) atoms. The molecule has 0 aliphatic rings. The van der Waals surface area contributed by atoms with Gasteiger partial charge in [0.2, 0.25) is 0 Å². The van der Waals surface area contributed by atoms with E-state index in [-0.39, 0.29) is 15.7 Å². The van der Waals surface area contributed by atoms with E-state index >= 15 is 0 Å². The molecule has 0 aliphatic carbocycles. The minimum atomic E-state index is -3.71. The van der Waals surface area contributed by atoms with Crippen molar-refractivity contribution in [3.05, 3.63) is 40.5 Å². The molecule has 0 saturated heterocycles. The summed E-state index contributed by atoms with van der Waals surface area (Å²) in [4.78, 5) is 0.0374. The van der Waals surface area contributed by atoms with Crippen LogP contribution < -0.4 is 4.72 Å². The highest BCUT2D eigenvalue weighted by molar-refractivity contribution is 7.92. The maximum Gasteiger partial charge on any atom is 0.264 e. The minimum absolute atomic E-state index is 0.0374. The number of H-pyrrole nitrogens is 1.